The molecule has 5 nitrogen and oxygen atoms in total. The van der Waals surface area contributed by atoms with Crippen LogP contribution in [-0.4, -0.2) is 19.3 Å². The van der Waals surface area contributed by atoms with Gasteiger partial charge >= 0.3 is 0 Å². The Morgan fingerprint density at radius 1 is 1.29 bits per heavy atom. The molecule has 3 unspecified atom stereocenters. The fraction of sp³-hybridized carbons (Fsp3) is 0.750. The fourth-order valence-corrected chi connectivity index (χ4v) is 3.98. The number of aryl methyl sites for hydroxylation is 2. The van der Waals surface area contributed by atoms with Crippen LogP contribution in [0.25, 0.3) is 11.2 Å². The molecule has 1 aliphatic carbocycles. The molecule has 3 rings (SSSR count). The third-order valence-electron chi connectivity index (χ3n) is 4.97. The lowest BCUT2D eigenvalue weighted by Crippen LogP contribution is -2.26. The minimum absolute atomic E-state index is 0.455. The van der Waals surface area contributed by atoms with Crippen LogP contribution in [0.3, 0.4) is 0 Å². The number of anilines is 1. The normalized spacial score (nSPS) is 26.6. The van der Waals surface area contributed by atoms with Crippen LogP contribution in [0.4, 0.5) is 5.95 Å². The smallest absolute Gasteiger partial charge is 0.202 e. The molecule has 0 saturated heterocycles. The van der Waals surface area contributed by atoms with E-state index in [0.29, 0.717) is 17.9 Å². The van der Waals surface area contributed by atoms with Crippen molar-refractivity contribution in [3.05, 3.63) is 5.69 Å². The third kappa shape index (κ3) is 2.32. The highest BCUT2D eigenvalue weighted by Gasteiger charge is 2.30. The number of nitrogens with two attached hydrogens (primary N) is 1. The number of hydrogen-bond donors (Lipinski definition) is 1. The van der Waals surface area contributed by atoms with E-state index in [4.69, 9.17) is 5.73 Å². The molecule has 116 valence electrons. The molecule has 3 atom stereocenters. The number of imidazole rings is 1. The van der Waals surface area contributed by atoms with Crippen molar-refractivity contribution in [3.63, 3.8) is 0 Å². The van der Waals surface area contributed by atoms with E-state index >= 15 is 0 Å². The first-order valence-electron chi connectivity index (χ1n) is 8.22. The highest BCUT2D eigenvalue weighted by molar-refractivity contribution is 5.78. The van der Waals surface area contributed by atoms with Gasteiger partial charge in [-0.1, -0.05) is 27.2 Å². The van der Waals surface area contributed by atoms with Gasteiger partial charge < -0.3 is 5.73 Å². The lowest BCUT2D eigenvalue weighted by molar-refractivity contribution is 0.212. The highest BCUT2D eigenvalue weighted by Crippen LogP contribution is 2.40. The zero-order chi connectivity index (χ0) is 15.1. The maximum absolute atomic E-state index is 6.27. The zero-order valence-electron chi connectivity index (χ0n) is 13.6. The van der Waals surface area contributed by atoms with Crippen LogP contribution in [0.15, 0.2) is 0 Å². The molecule has 0 radical (unpaired) electrons. The van der Waals surface area contributed by atoms with Crippen molar-refractivity contribution in [3.8, 4) is 0 Å². The second-order valence-corrected chi connectivity index (χ2v) is 6.80. The van der Waals surface area contributed by atoms with E-state index in [0.717, 1.165) is 35.6 Å². The Balaban J connectivity index is 2.08. The van der Waals surface area contributed by atoms with Crippen molar-refractivity contribution >= 4 is 17.1 Å². The highest BCUT2D eigenvalue weighted by atomic mass is 15.4. The van der Waals surface area contributed by atoms with E-state index in [1.165, 1.54) is 19.3 Å². The van der Waals surface area contributed by atoms with Gasteiger partial charge in [-0.05, 0) is 37.5 Å². The molecule has 0 bridgehead atoms. The molecular weight excluding hydrogens is 262 g/mol. The van der Waals surface area contributed by atoms with Gasteiger partial charge in [-0.15, -0.1) is 0 Å². The number of aromatic nitrogens is 4. The van der Waals surface area contributed by atoms with Crippen LogP contribution in [0.2, 0.25) is 0 Å². The standard InChI is InChI=1S/C16H27N5/c1-5-6-12-14-15(20(4)19-12)21(16(17)18-14)13-8-7-10(2)9-11(13)3/h10-11,13H,5-9H2,1-4H3,(H2,17,18). The van der Waals surface area contributed by atoms with Crippen LogP contribution in [-0.2, 0) is 13.5 Å². The molecule has 21 heavy (non-hydrogen) atoms. The predicted octanol–water partition coefficient (Wildman–Crippen LogP) is 3.30. The molecule has 1 aliphatic rings. The summed E-state index contributed by atoms with van der Waals surface area (Å²) in [7, 11) is 2.01. The number of hydrogen-bond acceptors (Lipinski definition) is 3. The van der Waals surface area contributed by atoms with Crippen molar-refractivity contribution in [2.45, 2.75) is 58.9 Å². The monoisotopic (exact) mass is 289 g/mol. The van der Waals surface area contributed by atoms with Gasteiger partial charge in [-0.25, -0.2) is 4.98 Å². The maximum Gasteiger partial charge on any atom is 0.202 e. The van der Waals surface area contributed by atoms with Gasteiger partial charge in [-0.3, -0.25) is 9.25 Å². The van der Waals surface area contributed by atoms with Crippen LogP contribution in [0.5, 0.6) is 0 Å². The summed E-state index contributed by atoms with van der Waals surface area (Å²) >= 11 is 0. The fourth-order valence-electron chi connectivity index (χ4n) is 3.98. The summed E-state index contributed by atoms with van der Waals surface area (Å²) in [5, 5.41) is 4.65. The van der Waals surface area contributed by atoms with E-state index in [2.05, 4.69) is 35.4 Å². The lowest BCUT2D eigenvalue weighted by Gasteiger charge is -2.34. The molecule has 0 aliphatic heterocycles. The Morgan fingerprint density at radius 3 is 2.71 bits per heavy atom. The van der Waals surface area contributed by atoms with Crippen molar-refractivity contribution < 1.29 is 0 Å². The molecule has 0 aromatic carbocycles. The summed E-state index contributed by atoms with van der Waals surface area (Å²) in [6.07, 6.45) is 5.77. The average molecular weight is 289 g/mol. The molecule has 1 saturated carbocycles. The van der Waals surface area contributed by atoms with Gasteiger partial charge in [-0.2, -0.15) is 5.10 Å². The van der Waals surface area contributed by atoms with Gasteiger partial charge in [0.2, 0.25) is 5.95 Å². The topological polar surface area (TPSA) is 61.7 Å². The van der Waals surface area contributed by atoms with E-state index in [-0.39, 0.29) is 0 Å². The first kappa shape index (κ1) is 14.4. The van der Waals surface area contributed by atoms with Crippen molar-refractivity contribution in [2.75, 3.05) is 5.73 Å². The van der Waals surface area contributed by atoms with E-state index in [9.17, 15) is 0 Å². The first-order valence-corrected chi connectivity index (χ1v) is 8.22. The molecule has 2 aromatic heterocycles. The van der Waals surface area contributed by atoms with Gasteiger partial charge in [0.1, 0.15) is 5.52 Å². The molecule has 0 spiro atoms. The van der Waals surface area contributed by atoms with Gasteiger partial charge in [0, 0.05) is 13.1 Å². The van der Waals surface area contributed by atoms with Crippen molar-refractivity contribution in [1.82, 2.24) is 19.3 Å². The average Bonchev–Trinajstić information content (AvgIpc) is 2.89. The number of nitrogen functional groups attached to an aromatic ring is 1. The molecular formula is C16H27N5. The molecule has 0 amide bonds. The third-order valence-corrected chi connectivity index (χ3v) is 4.97. The SMILES string of the molecule is CCCc1nn(C)c2c1nc(N)n2C1CCC(C)CC1C. The van der Waals surface area contributed by atoms with Gasteiger partial charge in [0.05, 0.1) is 5.69 Å². The maximum atomic E-state index is 6.27. The Kier molecular flexibility index (Phi) is 3.68. The molecule has 2 heterocycles. The summed E-state index contributed by atoms with van der Waals surface area (Å²) in [5.74, 6) is 2.11. The summed E-state index contributed by atoms with van der Waals surface area (Å²) in [6, 6.07) is 0.455. The Hall–Kier alpha value is -1.52. The quantitative estimate of drug-likeness (QED) is 0.943. The number of nitrogens with zero attached hydrogens (tertiary/aromatic N) is 4. The molecule has 2 aromatic rings. The molecule has 5 heteroatoms. The summed E-state index contributed by atoms with van der Waals surface area (Å²) in [4.78, 5) is 4.64. The first-order chi connectivity index (χ1) is 10.0. The predicted molar refractivity (Wildman–Crippen MR) is 86.1 cm³/mol. The largest absolute Gasteiger partial charge is 0.369 e. The minimum atomic E-state index is 0.455. The summed E-state index contributed by atoms with van der Waals surface area (Å²) < 4.78 is 4.21. The Morgan fingerprint density at radius 2 is 2.05 bits per heavy atom. The summed E-state index contributed by atoms with van der Waals surface area (Å²) in [6.45, 7) is 6.86. The minimum Gasteiger partial charge on any atom is -0.369 e. The Bertz CT molecular complexity index is 639. The number of fused-ring (bicyclic) bond motifs is 1. The second-order valence-electron chi connectivity index (χ2n) is 6.80. The van der Waals surface area contributed by atoms with E-state index < -0.39 is 0 Å². The van der Waals surface area contributed by atoms with Crippen LogP contribution >= 0.6 is 0 Å². The Labute approximate surface area is 126 Å². The second kappa shape index (κ2) is 5.35. The number of rotatable bonds is 3. The van der Waals surface area contributed by atoms with Crippen LogP contribution in [0.1, 0.15) is 58.2 Å². The van der Waals surface area contributed by atoms with E-state index in [1.807, 2.05) is 11.7 Å². The summed E-state index contributed by atoms with van der Waals surface area (Å²) in [5.41, 5.74) is 9.45. The lowest BCUT2D eigenvalue weighted by atomic mass is 9.80. The van der Waals surface area contributed by atoms with Gasteiger partial charge in [0.25, 0.3) is 0 Å². The molecule has 1 fully saturated rings. The van der Waals surface area contributed by atoms with Crippen LogP contribution in [0, 0.1) is 11.8 Å². The van der Waals surface area contributed by atoms with E-state index in [1.54, 1.807) is 0 Å². The zero-order valence-corrected chi connectivity index (χ0v) is 13.6. The molecule has 2 N–H and O–H groups in total. The van der Waals surface area contributed by atoms with Gasteiger partial charge in [0.15, 0.2) is 5.65 Å². The van der Waals surface area contributed by atoms with Crippen molar-refractivity contribution in [2.24, 2.45) is 18.9 Å². The van der Waals surface area contributed by atoms with Crippen LogP contribution < -0.4 is 5.73 Å². The van der Waals surface area contributed by atoms with Crippen molar-refractivity contribution in [1.29, 1.82) is 0 Å².